The molecule has 0 amide bonds. The standard InChI is InChI=1S/C11H15BF3O2/c1-9(7-8-16-2)17-11-6-4-3-5-10(11)12(13,14)15/h3-6,9H,7-8H2,1-2H3/q-1. The highest BCUT2D eigenvalue weighted by Gasteiger charge is 2.29. The van der Waals surface area contributed by atoms with Crippen LogP contribution in [0.3, 0.4) is 0 Å². The van der Waals surface area contributed by atoms with E-state index >= 15 is 0 Å². The van der Waals surface area contributed by atoms with Crippen molar-refractivity contribution in [3.05, 3.63) is 24.3 Å². The lowest BCUT2D eigenvalue weighted by atomic mass is 9.79. The molecule has 0 heterocycles. The van der Waals surface area contributed by atoms with Crippen molar-refractivity contribution in [2.45, 2.75) is 19.4 Å². The van der Waals surface area contributed by atoms with Crippen LogP contribution in [0.2, 0.25) is 0 Å². The average Bonchev–Trinajstić information content (AvgIpc) is 2.25. The molecule has 0 aliphatic carbocycles. The van der Waals surface area contributed by atoms with Crippen molar-refractivity contribution >= 4 is 12.4 Å². The third-order valence-electron chi connectivity index (χ3n) is 2.33. The summed E-state index contributed by atoms with van der Waals surface area (Å²) in [6.45, 7) is -2.86. The molecule has 1 atom stereocenters. The molecule has 0 saturated carbocycles. The number of ether oxygens (including phenoxy) is 2. The molecular formula is C11H15BF3O2-. The van der Waals surface area contributed by atoms with Gasteiger partial charge in [0.1, 0.15) is 0 Å². The van der Waals surface area contributed by atoms with Gasteiger partial charge in [0.25, 0.3) is 0 Å². The van der Waals surface area contributed by atoms with Crippen LogP contribution in [0.15, 0.2) is 24.3 Å². The molecule has 0 bridgehead atoms. The van der Waals surface area contributed by atoms with Gasteiger partial charge in [0.05, 0.1) is 11.9 Å². The van der Waals surface area contributed by atoms with E-state index in [1.54, 1.807) is 14.0 Å². The van der Waals surface area contributed by atoms with Gasteiger partial charge in [0, 0.05) is 20.1 Å². The van der Waals surface area contributed by atoms with Gasteiger partial charge in [-0.05, 0) is 13.0 Å². The van der Waals surface area contributed by atoms with Gasteiger partial charge >= 0.3 is 6.98 Å². The Balaban J connectivity index is 2.77. The van der Waals surface area contributed by atoms with E-state index in [0.29, 0.717) is 13.0 Å². The molecule has 0 saturated heterocycles. The number of para-hydroxylation sites is 1. The van der Waals surface area contributed by atoms with Crippen molar-refractivity contribution in [2.75, 3.05) is 13.7 Å². The molecule has 17 heavy (non-hydrogen) atoms. The highest BCUT2D eigenvalue weighted by atomic mass is 19.4. The van der Waals surface area contributed by atoms with E-state index in [9.17, 15) is 12.9 Å². The highest BCUT2D eigenvalue weighted by Crippen LogP contribution is 2.19. The van der Waals surface area contributed by atoms with Crippen LogP contribution in [0.4, 0.5) is 12.9 Å². The van der Waals surface area contributed by atoms with E-state index in [4.69, 9.17) is 9.47 Å². The van der Waals surface area contributed by atoms with E-state index in [1.807, 2.05) is 0 Å². The van der Waals surface area contributed by atoms with Crippen molar-refractivity contribution in [3.8, 4) is 5.75 Å². The zero-order chi connectivity index (χ0) is 12.9. The lowest BCUT2D eigenvalue weighted by Gasteiger charge is -2.22. The lowest BCUT2D eigenvalue weighted by Crippen LogP contribution is -2.36. The van der Waals surface area contributed by atoms with Crippen LogP contribution in [-0.4, -0.2) is 26.8 Å². The zero-order valence-electron chi connectivity index (χ0n) is 9.83. The second-order valence-corrected chi connectivity index (χ2v) is 3.82. The molecule has 1 aromatic carbocycles. The molecule has 96 valence electrons. The maximum atomic E-state index is 12.7. The van der Waals surface area contributed by atoms with Gasteiger partial charge in [-0.1, -0.05) is 23.7 Å². The van der Waals surface area contributed by atoms with Gasteiger partial charge in [-0.3, -0.25) is 0 Å². The Bertz CT molecular complexity index is 355. The Morgan fingerprint density at radius 1 is 1.24 bits per heavy atom. The van der Waals surface area contributed by atoms with E-state index in [2.05, 4.69) is 0 Å². The fourth-order valence-corrected chi connectivity index (χ4v) is 1.42. The van der Waals surface area contributed by atoms with Crippen LogP contribution in [0, 0.1) is 0 Å². The minimum Gasteiger partial charge on any atom is -0.494 e. The minimum absolute atomic E-state index is 0.108. The number of benzene rings is 1. The van der Waals surface area contributed by atoms with Crippen LogP contribution in [0.25, 0.3) is 0 Å². The van der Waals surface area contributed by atoms with Gasteiger partial charge in [-0.15, -0.1) is 0 Å². The maximum absolute atomic E-state index is 12.7. The quantitative estimate of drug-likeness (QED) is 0.719. The third-order valence-corrected chi connectivity index (χ3v) is 2.33. The van der Waals surface area contributed by atoms with E-state index < -0.39 is 12.4 Å². The second kappa shape index (κ2) is 5.96. The number of hydrogen-bond acceptors (Lipinski definition) is 2. The van der Waals surface area contributed by atoms with Gasteiger partial charge in [0.15, 0.2) is 0 Å². The Morgan fingerprint density at radius 3 is 2.47 bits per heavy atom. The number of halogens is 3. The first-order chi connectivity index (χ1) is 7.95. The van der Waals surface area contributed by atoms with E-state index in [-0.39, 0.29) is 11.9 Å². The molecule has 0 spiro atoms. The Labute approximate surface area is 98.8 Å². The van der Waals surface area contributed by atoms with Crippen molar-refractivity contribution in [1.29, 1.82) is 0 Å². The van der Waals surface area contributed by atoms with Crippen LogP contribution in [0.5, 0.6) is 5.75 Å². The Kier molecular flexibility index (Phi) is 4.87. The summed E-state index contributed by atoms with van der Waals surface area (Å²) >= 11 is 0. The topological polar surface area (TPSA) is 18.5 Å². The molecule has 0 fully saturated rings. The lowest BCUT2D eigenvalue weighted by molar-refractivity contribution is 0.135. The summed E-state index contributed by atoms with van der Waals surface area (Å²) < 4.78 is 48.3. The summed E-state index contributed by atoms with van der Waals surface area (Å²) in [6.07, 6.45) is 0.240. The first-order valence-corrected chi connectivity index (χ1v) is 5.39. The summed E-state index contributed by atoms with van der Waals surface area (Å²) in [7, 11) is 1.54. The van der Waals surface area contributed by atoms with Gasteiger partial charge in [0.2, 0.25) is 0 Å². The molecule has 0 aliphatic heterocycles. The predicted octanol–water partition coefficient (Wildman–Crippen LogP) is 2.54. The summed E-state index contributed by atoms with van der Waals surface area (Å²) in [5, 5.41) is 0. The van der Waals surface area contributed by atoms with Crippen molar-refractivity contribution in [1.82, 2.24) is 0 Å². The monoisotopic (exact) mass is 247 g/mol. The SMILES string of the molecule is COCCC(C)Oc1ccccc1[B-](F)(F)F. The van der Waals surface area contributed by atoms with Gasteiger partial charge in [-0.25, -0.2) is 0 Å². The van der Waals surface area contributed by atoms with Crippen LogP contribution in [0.1, 0.15) is 13.3 Å². The predicted molar refractivity (Wildman–Crippen MR) is 61.7 cm³/mol. The average molecular weight is 247 g/mol. The smallest absolute Gasteiger partial charge is 0.494 e. The summed E-state index contributed by atoms with van der Waals surface area (Å²) in [6, 6.07) is 5.27. The molecule has 0 radical (unpaired) electrons. The first kappa shape index (κ1) is 13.9. The van der Waals surface area contributed by atoms with Crippen LogP contribution in [-0.2, 0) is 4.74 Å². The fraction of sp³-hybridized carbons (Fsp3) is 0.455. The summed E-state index contributed by atoms with van der Waals surface area (Å²) in [4.78, 5) is 0. The van der Waals surface area contributed by atoms with Crippen LogP contribution < -0.4 is 10.2 Å². The van der Waals surface area contributed by atoms with Crippen molar-refractivity contribution < 1.29 is 22.4 Å². The molecule has 1 aromatic rings. The Morgan fingerprint density at radius 2 is 1.88 bits per heavy atom. The highest BCUT2D eigenvalue weighted by molar-refractivity contribution is 6.74. The second-order valence-electron chi connectivity index (χ2n) is 3.82. The zero-order valence-corrected chi connectivity index (χ0v) is 9.83. The summed E-state index contributed by atoms with van der Waals surface area (Å²) in [5.74, 6) is -0.108. The number of hydrogen-bond donors (Lipinski definition) is 0. The molecule has 2 nitrogen and oxygen atoms in total. The molecule has 0 aliphatic rings. The van der Waals surface area contributed by atoms with E-state index in [1.165, 1.54) is 18.2 Å². The molecular weight excluding hydrogens is 232 g/mol. The van der Waals surface area contributed by atoms with E-state index in [0.717, 1.165) is 6.07 Å². The minimum atomic E-state index is -5.04. The van der Waals surface area contributed by atoms with Crippen molar-refractivity contribution in [3.63, 3.8) is 0 Å². The normalized spacial score (nSPS) is 13.5. The molecule has 1 rings (SSSR count). The summed E-state index contributed by atoms with van der Waals surface area (Å²) in [5.41, 5.74) is -0.684. The largest absolute Gasteiger partial charge is 0.513 e. The van der Waals surface area contributed by atoms with Crippen LogP contribution >= 0.6 is 0 Å². The fourth-order valence-electron chi connectivity index (χ4n) is 1.42. The molecule has 0 aromatic heterocycles. The number of rotatable bonds is 6. The maximum Gasteiger partial charge on any atom is 0.513 e. The Hall–Kier alpha value is -1.17. The molecule has 0 N–H and O–H groups in total. The van der Waals surface area contributed by atoms with Gasteiger partial charge < -0.3 is 22.4 Å². The van der Waals surface area contributed by atoms with Crippen molar-refractivity contribution in [2.24, 2.45) is 0 Å². The first-order valence-electron chi connectivity index (χ1n) is 5.39. The van der Waals surface area contributed by atoms with Gasteiger partial charge in [-0.2, -0.15) is 0 Å². The third kappa shape index (κ3) is 4.30. The molecule has 1 unspecified atom stereocenters. The molecule has 6 heteroatoms. The number of methoxy groups -OCH3 is 1.